The highest BCUT2D eigenvalue weighted by molar-refractivity contribution is 7.92. The van der Waals surface area contributed by atoms with Crippen molar-refractivity contribution in [1.29, 1.82) is 0 Å². The quantitative estimate of drug-likeness (QED) is 0.830. The molecule has 0 saturated carbocycles. The molecule has 0 aliphatic carbocycles. The number of aromatic nitrogens is 1. The van der Waals surface area contributed by atoms with E-state index in [4.69, 9.17) is 5.73 Å². The monoisotopic (exact) mass is 285 g/mol. The van der Waals surface area contributed by atoms with Gasteiger partial charge >= 0.3 is 0 Å². The van der Waals surface area contributed by atoms with Gasteiger partial charge < -0.3 is 11.1 Å². The largest absolute Gasteiger partial charge is 0.396 e. The zero-order chi connectivity index (χ0) is 14.6. The zero-order valence-electron chi connectivity index (χ0n) is 11.3. The molecule has 6 nitrogen and oxygen atoms in total. The van der Waals surface area contributed by atoms with Crippen LogP contribution in [0.2, 0.25) is 0 Å². The van der Waals surface area contributed by atoms with Crippen molar-refractivity contribution in [2.45, 2.75) is 43.5 Å². The van der Waals surface area contributed by atoms with Crippen molar-refractivity contribution in [2.75, 3.05) is 5.73 Å². The molecule has 0 aliphatic heterocycles. The first kappa shape index (κ1) is 15.4. The van der Waals surface area contributed by atoms with E-state index in [1.54, 1.807) is 0 Å². The smallest absolute Gasteiger partial charge is 0.238 e. The number of nitrogens with two attached hydrogens (primary N) is 1. The van der Waals surface area contributed by atoms with Gasteiger partial charge in [0.2, 0.25) is 15.7 Å². The summed E-state index contributed by atoms with van der Waals surface area (Å²) in [6.07, 6.45) is 2.06. The van der Waals surface area contributed by atoms with Crippen LogP contribution < -0.4 is 11.1 Å². The van der Waals surface area contributed by atoms with Crippen LogP contribution in [0, 0.1) is 0 Å². The molecule has 0 spiro atoms. The highest BCUT2D eigenvalue weighted by atomic mass is 32.2. The van der Waals surface area contributed by atoms with E-state index in [1.165, 1.54) is 25.3 Å². The maximum absolute atomic E-state index is 12.3. The number of carbonyl (C=O) groups is 1. The highest BCUT2D eigenvalue weighted by Gasteiger charge is 2.32. The maximum Gasteiger partial charge on any atom is 0.238 e. The lowest BCUT2D eigenvalue weighted by atomic mass is 10.2. The highest BCUT2D eigenvalue weighted by Crippen LogP contribution is 2.19. The first-order valence-electron chi connectivity index (χ1n) is 6.05. The van der Waals surface area contributed by atoms with Gasteiger partial charge in [-0.05, 0) is 32.4 Å². The molecular formula is C12H19N3O3S. The van der Waals surface area contributed by atoms with Crippen molar-refractivity contribution >= 4 is 21.4 Å². The van der Waals surface area contributed by atoms with E-state index in [0.717, 1.165) is 6.42 Å². The minimum absolute atomic E-state index is 0.0469. The molecule has 1 aromatic heterocycles. The predicted molar refractivity (Wildman–Crippen MR) is 73.2 cm³/mol. The van der Waals surface area contributed by atoms with Crippen molar-refractivity contribution in [3.8, 4) is 0 Å². The summed E-state index contributed by atoms with van der Waals surface area (Å²) in [6, 6.07) is 2.91. The summed E-state index contributed by atoms with van der Waals surface area (Å²) in [6.45, 7) is 5.05. The molecule has 0 radical (unpaired) electrons. The molecule has 0 aliphatic rings. The fraction of sp³-hybridized carbons (Fsp3) is 0.500. The molecule has 19 heavy (non-hydrogen) atoms. The van der Waals surface area contributed by atoms with Crippen LogP contribution >= 0.6 is 0 Å². The number of amides is 1. The first-order valence-corrected chi connectivity index (χ1v) is 7.60. The third kappa shape index (κ3) is 3.44. The van der Waals surface area contributed by atoms with Crippen molar-refractivity contribution in [3.05, 3.63) is 18.3 Å². The Kier molecular flexibility index (Phi) is 4.88. The molecule has 0 bridgehead atoms. The molecular weight excluding hydrogens is 266 g/mol. The first-order chi connectivity index (χ1) is 8.80. The number of nitrogens with one attached hydrogen (secondary N) is 1. The van der Waals surface area contributed by atoms with Crippen LogP contribution in [0.5, 0.6) is 0 Å². The van der Waals surface area contributed by atoms with Crippen LogP contribution in [0.15, 0.2) is 23.4 Å². The standard InChI is InChI=1S/C12H19N3O3S/c1-4-8(2)15-11(16)9(3)19(17,18)12-10(13)6-5-7-14-12/h5-9H,4,13H2,1-3H3,(H,15,16). The molecule has 1 amide bonds. The number of sulfone groups is 1. The molecule has 0 fully saturated rings. The summed E-state index contributed by atoms with van der Waals surface area (Å²) in [5, 5.41) is 1.17. The minimum atomic E-state index is -3.87. The molecule has 3 N–H and O–H groups in total. The van der Waals surface area contributed by atoms with Gasteiger partial charge in [0.1, 0.15) is 5.25 Å². The lowest BCUT2D eigenvalue weighted by Gasteiger charge is -2.17. The van der Waals surface area contributed by atoms with Crippen LogP contribution in [0.1, 0.15) is 27.2 Å². The Labute approximate surface area is 113 Å². The predicted octanol–water partition coefficient (Wildman–Crippen LogP) is 0.741. The average molecular weight is 285 g/mol. The fourth-order valence-corrected chi connectivity index (χ4v) is 2.70. The Bertz CT molecular complexity index is 557. The van der Waals surface area contributed by atoms with Gasteiger partial charge in [0.15, 0.2) is 5.03 Å². The van der Waals surface area contributed by atoms with Crippen molar-refractivity contribution in [3.63, 3.8) is 0 Å². The van der Waals surface area contributed by atoms with Gasteiger partial charge in [-0.2, -0.15) is 0 Å². The molecule has 7 heteroatoms. The van der Waals surface area contributed by atoms with Gasteiger partial charge in [0, 0.05) is 12.2 Å². The Morgan fingerprint density at radius 3 is 2.63 bits per heavy atom. The number of rotatable bonds is 5. The number of nitrogen functional groups attached to an aromatic ring is 1. The Balaban J connectivity index is 3.01. The maximum atomic E-state index is 12.3. The van der Waals surface area contributed by atoms with Gasteiger partial charge in [0.05, 0.1) is 5.69 Å². The van der Waals surface area contributed by atoms with E-state index in [0.29, 0.717) is 0 Å². The SMILES string of the molecule is CCC(C)NC(=O)C(C)S(=O)(=O)c1ncccc1N. The lowest BCUT2D eigenvalue weighted by Crippen LogP contribution is -2.42. The molecule has 106 valence electrons. The van der Waals surface area contributed by atoms with E-state index in [2.05, 4.69) is 10.3 Å². The molecule has 1 heterocycles. The summed E-state index contributed by atoms with van der Waals surface area (Å²) in [7, 11) is -3.87. The normalized spacial score (nSPS) is 14.7. The molecule has 1 aromatic rings. The zero-order valence-corrected chi connectivity index (χ0v) is 12.1. The van der Waals surface area contributed by atoms with Crippen LogP contribution in [0.4, 0.5) is 5.69 Å². The number of hydrogen-bond donors (Lipinski definition) is 2. The second-order valence-electron chi connectivity index (χ2n) is 4.40. The van der Waals surface area contributed by atoms with E-state index in [1.807, 2.05) is 13.8 Å². The summed E-state index contributed by atoms with van der Waals surface area (Å²) in [4.78, 5) is 15.6. The van der Waals surface area contributed by atoms with Crippen LogP contribution in [0.25, 0.3) is 0 Å². The van der Waals surface area contributed by atoms with E-state index < -0.39 is 21.0 Å². The van der Waals surface area contributed by atoms with Crippen LogP contribution in [-0.2, 0) is 14.6 Å². The minimum Gasteiger partial charge on any atom is -0.396 e. The van der Waals surface area contributed by atoms with Crippen molar-refractivity contribution in [1.82, 2.24) is 10.3 Å². The number of nitrogens with zero attached hydrogens (tertiary/aromatic N) is 1. The van der Waals surface area contributed by atoms with Gasteiger partial charge in [0.25, 0.3) is 0 Å². The molecule has 0 saturated heterocycles. The Morgan fingerprint density at radius 1 is 1.47 bits per heavy atom. The van der Waals surface area contributed by atoms with E-state index >= 15 is 0 Å². The number of hydrogen-bond acceptors (Lipinski definition) is 5. The third-order valence-corrected chi connectivity index (χ3v) is 4.93. The van der Waals surface area contributed by atoms with Crippen molar-refractivity contribution < 1.29 is 13.2 Å². The molecule has 0 aromatic carbocycles. The average Bonchev–Trinajstić information content (AvgIpc) is 2.37. The van der Waals surface area contributed by atoms with E-state index in [9.17, 15) is 13.2 Å². The Morgan fingerprint density at radius 2 is 2.11 bits per heavy atom. The second-order valence-corrected chi connectivity index (χ2v) is 6.59. The Hall–Kier alpha value is -1.63. The number of pyridine rings is 1. The van der Waals surface area contributed by atoms with Gasteiger partial charge in [-0.15, -0.1) is 0 Å². The van der Waals surface area contributed by atoms with Gasteiger partial charge in [-0.1, -0.05) is 6.92 Å². The van der Waals surface area contributed by atoms with E-state index in [-0.39, 0.29) is 16.8 Å². The summed E-state index contributed by atoms with van der Waals surface area (Å²) in [5.74, 6) is -0.542. The van der Waals surface area contributed by atoms with Crippen LogP contribution in [-0.4, -0.2) is 30.6 Å². The van der Waals surface area contributed by atoms with Gasteiger partial charge in [-0.3, -0.25) is 4.79 Å². The third-order valence-electron chi connectivity index (χ3n) is 2.91. The van der Waals surface area contributed by atoms with Crippen molar-refractivity contribution in [2.24, 2.45) is 0 Å². The second kappa shape index (κ2) is 6.01. The van der Waals surface area contributed by atoms with Gasteiger partial charge in [-0.25, -0.2) is 13.4 Å². The molecule has 2 unspecified atom stereocenters. The lowest BCUT2D eigenvalue weighted by molar-refractivity contribution is -0.121. The summed E-state index contributed by atoms with van der Waals surface area (Å²) < 4.78 is 24.5. The summed E-state index contributed by atoms with van der Waals surface area (Å²) >= 11 is 0. The molecule has 1 rings (SSSR count). The summed E-state index contributed by atoms with van der Waals surface area (Å²) in [5.41, 5.74) is 5.65. The molecule has 2 atom stereocenters. The van der Waals surface area contributed by atoms with Crippen LogP contribution in [0.3, 0.4) is 0 Å². The topological polar surface area (TPSA) is 102 Å². The number of anilines is 1. The fourth-order valence-electron chi connectivity index (χ4n) is 1.41. The number of carbonyl (C=O) groups excluding carboxylic acids is 1.